The van der Waals surface area contributed by atoms with Crippen molar-refractivity contribution in [1.82, 2.24) is 14.1 Å². The molecule has 2 aromatic rings. The van der Waals surface area contributed by atoms with Crippen molar-refractivity contribution in [2.24, 2.45) is 14.1 Å². The second kappa shape index (κ2) is 2.85. The highest BCUT2D eigenvalue weighted by molar-refractivity contribution is 5.80. The number of rotatable bonds is 0. The largest absolute Gasteiger partial charge is 0.344 e. The molecule has 2 heterocycles. The summed E-state index contributed by atoms with van der Waals surface area (Å²) in [6, 6.07) is 0. The zero-order chi connectivity index (χ0) is 11.3. The van der Waals surface area contributed by atoms with Crippen LogP contribution in [0.3, 0.4) is 0 Å². The first-order valence-electron chi connectivity index (χ1n) is 4.70. The number of aromatic nitrogens is 3. The van der Waals surface area contributed by atoms with Crippen molar-refractivity contribution in [2.75, 3.05) is 0 Å². The van der Waals surface area contributed by atoms with Gasteiger partial charge in [-0.15, -0.1) is 0 Å². The summed E-state index contributed by atoms with van der Waals surface area (Å²) in [5.41, 5.74) is 1.87. The van der Waals surface area contributed by atoms with Crippen LogP contribution in [-0.2, 0) is 14.1 Å². The molecule has 0 unspecified atom stereocenters. The molecule has 0 spiro atoms. The fraction of sp³-hybridized carbons (Fsp3) is 0.400. The molecule has 0 bridgehead atoms. The number of aromatic amines is 1. The van der Waals surface area contributed by atoms with Gasteiger partial charge >= 0.3 is 5.69 Å². The molecule has 5 nitrogen and oxygen atoms in total. The molecule has 0 radical (unpaired) electrons. The Kier molecular flexibility index (Phi) is 1.86. The van der Waals surface area contributed by atoms with E-state index in [-0.39, 0.29) is 11.2 Å². The van der Waals surface area contributed by atoms with Crippen molar-refractivity contribution < 1.29 is 0 Å². The van der Waals surface area contributed by atoms with Gasteiger partial charge in [0, 0.05) is 19.8 Å². The van der Waals surface area contributed by atoms with E-state index in [2.05, 4.69) is 4.98 Å². The molecule has 2 rings (SSSR count). The number of H-pyrrole nitrogens is 1. The molecule has 1 N–H and O–H groups in total. The predicted molar refractivity (Wildman–Crippen MR) is 58.3 cm³/mol. The Hall–Kier alpha value is -1.78. The van der Waals surface area contributed by atoms with Gasteiger partial charge < -0.3 is 4.98 Å². The maximum atomic E-state index is 11.9. The summed E-state index contributed by atoms with van der Waals surface area (Å²) in [6.45, 7) is 3.76. The lowest BCUT2D eigenvalue weighted by atomic mass is 10.2. The molecule has 0 saturated carbocycles. The molecule has 0 aliphatic heterocycles. The Bertz CT molecular complexity index is 658. The lowest BCUT2D eigenvalue weighted by Gasteiger charge is -2.02. The molecule has 0 fully saturated rings. The molecular weight excluding hydrogens is 194 g/mol. The van der Waals surface area contributed by atoms with E-state index in [0.29, 0.717) is 11.0 Å². The Labute approximate surface area is 86.0 Å². The molecule has 2 aromatic heterocycles. The fourth-order valence-electron chi connectivity index (χ4n) is 1.79. The molecule has 0 aliphatic rings. The van der Waals surface area contributed by atoms with E-state index in [1.54, 1.807) is 7.05 Å². The molecule has 5 heteroatoms. The van der Waals surface area contributed by atoms with Crippen LogP contribution in [0.15, 0.2) is 9.59 Å². The van der Waals surface area contributed by atoms with Crippen LogP contribution in [-0.4, -0.2) is 14.1 Å². The van der Waals surface area contributed by atoms with E-state index in [1.165, 1.54) is 11.6 Å². The standard InChI is InChI=1S/C10H13N3O2/c1-5-6(2)11-8-7(5)9(14)13(4)10(15)12(8)3/h11H,1-4H3. The van der Waals surface area contributed by atoms with Crippen molar-refractivity contribution in [3.63, 3.8) is 0 Å². The summed E-state index contributed by atoms with van der Waals surface area (Å²) in [5, 5.41) is 0.595. The molecule has 0 atom stereocenters. The summed E-state index contributed by atoms with van der Waals surface area (Å²) in [7, 11) is 3.14. The van der Waals surface area contributed by atoms with Gasteiger partial charge in [0.05, 0.1) is 5.39 Å². The zero-order valence-corrected chi connectivity index (χ0v) is 9.21. The topological polar surface area (TPSA) is 59.8 Å². The normalized spacial score (nSPS) is 11.2. The lowest BCUT2D eigenvalue weighted by Crippen LogP contribution is -2.36. The Morgan fingerprint density at radius 1 is 1.07 bits per heavy atom. The van der Waals surface area contributed by atoms with Crippen molar-refractivity contribution in [3.8, 4) is 0 Å². The first-order valence-corrected chi connectivity index (χ1v) is 4.70. The van der Waals surface area contributed by atoms with E-state index < -0.39 is 0 Å². The Morgan fingerprint density at radius 3 is 2.27 bits per heavy atom. The zero-order valence-electron chi connectivity index (χ0n) is 9.21. The third-order valence-corrected chi connectivity index (χ3v) is 2.91. The van der Waals surface area contributed by atoms with Gasteiger partial charge in [0.15, 0.2) is 0 Å². The summed E-state index contributed by atoms with van der Waals surface area (Å²) >= 11 is 0. The molecule has 0 aromatic carbocycles. The number of aryl methyl sites for hydroxylation is 3. The monoisotopic (exact) mass is 207 g/mol. The van der Waals surface area contributed by atoms with Crippen LogP contribution in [0.25, 0.3) is 11.0 Å². The number of nitrogens with one attached hydrogen (secondary N) is 1. The number of fused-ring (bicyclic) bond motifs is 1. The number of nitrogens with zero attached hydrogens (tertiary/aromatic N) is 2. The minimum Gasteiger partial charge on any atom is -0.344 e. The van der Waals surface area contributed by atoms with E-state index in [9.17, 15) is 9.59 Å². The second-order valence-corrected chi connectivity index (χ2v) is 3.80. The minimum atomic E-state index is -0.311. The molecule has 80 valence electrons. The van der Waals surface area contributed by atoms with Gasteiger partial charge in [-0.25, -0.2) is 4.79 Å². The fourth-order valence-corrected chi connectivity index (χ4v) is 1.79. The number of hydrogen-bond donors (Lipinski definition) is 1. The van der Waals surface area contributed by atoms with Crippen molar-refractivity contribution in [2.45, 2.75) is 13.8 Å². The van der Waals surface area contributed by atoms with Gasteiger partial charge in [-0.1, -0.05) is 0 Å². The minimum absolute atomic E-state index is 0.241. The highest BCUT2D eigenvalue weighted by Gasteiger charge is 2.13. The molecule has 0 aliphatic carbocycles. The number of hydrogen-bond acceptors (Lipinski definition) is 2. The SMILES string of the molecule is Cc1[nH]c2c(c1C)c(=O)n(C)c(=O)n2C. The van der Waals surface area contributed by atoms with Gasteiger partial charge in [-0.3, -0.25) is 13.9 Å². The van der Waals surface area contributed by atoms with Crippen molar-refractivity contribution in [3.05, 3.63) is 32.1 Å². The van der Waals surface area contributed by atoms with Crippen molar-refractivity contribution in [1.29, 1.82) is 0 Å². The molecule has 15 heavy (non-hydrogen) atoms. The van der Waals surface area contributed by atoms with E-state index in [4.69, 9.17) is 0 Å². The van der Waals surface area contributed by atoms with Crippen LogP contribution < -0.4 is 11.2 Å². The van der Waals surface area contributed by atoms with Gasteiger partial charge in [-0.2, -0.15) is 0 Å². The average molecular weight is 207 g/mol. The smallest absolute Gasteiger partial charge is 0.332 e. The van der Waals surface area contributed by atoms with Gasteiger partial charge in [0.25, 0.3) is 5.56 Å². The first-order chi connectivity index (χ1) is 6.95. The van der Waals surface area contributed by atoms with Crippen LogP contribution in [0.2, 0.25) is 0 Å². The molecule has 0 amide bonds. The molecule has 0 saturated heterocycles. The van der Waals surface area contributed by atoms with E-state index in [1.807, 2.05) is 13.8 Å². The third-order valence-electron chi connectivity index (χ3n) is 2.91. The van der Waals surface area contributed by atoms with E-state index >= 15 is 0 Å². The lowest BCUT2D eigenvalue weighted by molar-refractivity contribution is 0.709. The summed E-state index contributed by atoms with van der Waals surface area (Å²) in [5.74, 6) is 0. The highest BCUT2D eigenvalue weighted by Crippen LogP contribution is 2.15. The quantitative estimate of drug-likeness (QED) is 0.670. The predicted octanol–water partition coefficient (Wildman–Crippen LogP) is 0.182. The first kappa shape index (κ1) is 9.76. The highest BCUT2D eigenvalue weighted by atomic mass is 16.2. The summed E-state index contributed by atoms with van der Waals surface area (Å²) in [4.78, 5) is 26.5. The van der Waals surface area contributed by atoms with Crippen LogP contribution in [0.1, 0.15) is 11.3 Å². The third kappa shape index (κ3) is 1.09. The second-order valence-electron chi connectivity index (χ2n) is 3.80. The van der Waals surface area contributed by atoms with Crippen molar-refractivity contribution >= 4 is 11.0 Å². The Balaban J connectivity index is 3.23. The van der Waals surface area contributed by atoms with Gasteiger partial charge in [0.1, 0.15) is 5.65 Å². The summed E-state index contributed by atoms with van der Waals surface area (Å²) < 4.78 is 2.58. The maximum Gasteiger partial charge on any atom is 0.332 e. The van der Waals surface area contributed by atoms with E-state index in [0.717, 1.165) is 15.8 Å². The van der Waals surface area contributed by atoms with Crippen LogP contribution in [0, 0.1) is 13.8 Å². The molecular formula is C10H13N3O2. The van der Waals surface area contributed by atoms with Gasteiger partial charge in [-0.05, 0) is 19.4 Å². The van der Waals surface area contributed by atoms with Crippen LogP contribution in [0.4, 0.5) is 0 Å². The maximum absolute atomic E-state index is 11.9. The van der Waals surface area contributed by atoms with Crippen LogP contribution in [0.5, 0.6) is 0 Å². The van der Waals surface area contributed by atoms with Crippen LogP contribution >= 0.6 is 0 Å². The average Bonchev–Trinajstić information content (AvgIpc) is 2.50. The van der Waals surface area contributed by atoms with Gasteiger partial charge in [0.2, 0.25) is 0 Å². The summed E-state index contributed by atoms with van der Waals surface area (Å²) in [6.07, 6.45) is 0. The Morgan fingerprint density at radius 2 is 1.67 bits per heavy atom.